The molecule has 0 amide bonds. The monoisotopic (exact) mass is 217 g/mol. The first-order valence-electron chi connectivity index (χ1n) is 5.08. The molecule has 0 spiro atoms. The lowest BCUT2D eigenvalue weighted by molar-refractivity contribution is 0.0376. The Hall–Kier alpha value is -1.72. The Labute approximate surface area is 91.7 Å². The van der Waals surface area contributed by atoms with Gasteiger partial charge in [0.05, 0.1) is 6.04 Å². The van der Waals surface area contributed by atoms with Gasteiger partial charge in [0.25, 0.3) is 0 Å². The quantitative estimate of drug-likeness (QED) is 0.672. The van der Waals surface area contributed by atoms with Crippen molar-refractivity contribution in [2.24, 2.45) is 0 Å². The lowest BCUT2D eigenvalue weighted by atomic mass is 10.2. The van der Waals surface area contributed by atoms with E-state index in [2.05, 4.69) is 9.97 Å². The van der Waals surface area contributed by atoms with E-state index in [0.717, 1.165) is 11.0 Å². The van der Waals surface area contributed by atoms with Crippen molar-refractivity contribution in [2.45, 2.75) is 18.2 Å². The molecule has 1 aliphatic carbocycles. The summed E-state index contributed by atoms with van der Waals surface area (Å²) in [5.74, 6) is 0. The second-order valence-electron chi connectivity index (χ2n) is 3.88. The Morgan fingerprint density at radius 1 is 1.25 bits per heavy atom. The molecule has 2 aromatic rings. The Morgan fingerprint density at radius 2 is 2.12 bits per heavy atom. The first-order chi connectivity index (χ1) is 7.77. The largest absolute Gasteiger partial charge is 0.388 e. The van der Waals surface area contributed by atoms with Gasteiger partial charge in [-0.3, -0.25) is 0 Å². The van der Waals surface area contributed by atoms with Gasteiger partial charge >= 0.3 is 0 Å². The molecule has 5 heteroatoms. The van der Waals surface area contributed by atoms with Crippen LogP contribution >= 0.6 is 0 Å². The molecule has 0 bridgehead atoms. The van der Waals surface area contributed by atoms with E-state index in [9.17, 15) is 10.2 Å². The van der Waals surface area contributed by atoms with Crippen LogP contribution in [0, 0.1) is 0 Å². The summed E-state index contributed by atoms with van der Waals surface area (Å²) in [6.45, 7) is 0. The van der Waals surface area contributed by atoms with Gasteiger partial charge < -0.3 is 14.8 Å². The molecule has 0 saturated heterocycles. The van der Waals surface area contributed by atoms with E-state index < -0.39 is 12.2 Å². The zero-order chi connectivity index (χ0) is 11.1. The average Bonchev–Trinajstić information content (AvgIpc) is 2.85. The van der Waals surface area contributed by atoms with Crippen LogP contribution in [0.15, 0.2) is 36.9 Å². The van der Waals surface area contributed by atoms with Crippen LogP contribution in [0.2, 0.25) is 0 Å². The van der Waals surface area contributed by atoms with Crippen LogP contribution in [-0.4, -0.2) is 37.0 Å². The molecule has 3 atom stereocenters. The van der Waals surface area contributed by atoms with Gasteiger partial charge in [0, 0.05) is 17.8 Å². The predicted octanol–water partition coefficient (Wildman–Crippen LogP) is 0.264. The minimum Gasteiger partial charge on any atom is -0.388 e. The van der Waals surface area contributed by atoms with E-state index in [0.29, 0.717) is 0 Å². The molecule has 1 aliphatic rings. The topological polar surface area (TPSA) is 71.2 Å². The zero-order valence-electron chi connectivity index (χ0n) is 8.43. The fraction of sp³-hybridized carbons (Fsp3) is 0.273. The Morgan fingerprint density at radius 3 is 2.88 bits per heavy atom. The van der Waals surface area contributed by atoms with E-state index in [4.69, 9.17) is 0 Å². The van der Waals surface area contributed by atoms with Crippen LogP contribution in [0.5, 0.6) is 0 Å². The van der Waals surface area contributed by atoms with Gasteiger partial charge in [0.2, 0.25) is 0 Å². The van der Waals surface area contributed by atoms with E-state index in [1.807, 2.05) is 16.8 Å². The van der Waals surface area contributed by atoms with Crippen molar-refractivity contribution in [3.63, 3.8) is 0 Å². The molecule has 2 heterocycles. The number of rotatable bonds is 1. The summed E-state index contributed by atoms with van der Waals surface area (Å²) in [5, 5.41) is 20.2. The van der Waals surface area contributed by atoms with Crippen molar-refractivity contribution in [2.75, 3.05) is 0 Å². The third-order valence-corrected chi connectivity index (χ3v) is 2.90. The second-order valence-corrected chi connectivity index (χ2v) is 3.88. The van der Waals surface area contributed by atoms with Gasteiger partial charge in [-0.25, -0.2) is 9.97 Å². The van der Waals surface area contributed by atoms with Crippen LogP contribution < -0.4 is 0 Å². The summed E-state index contributed by atoms with van der Waals surface area (Å²) >= 11 is 0. The van der Waals surface area contributed by atoms with E-state index in [-0.39, 0.29) is 6.04 Å². The first kappa shape index (κ1) is 9.50. The molecule has 2 aromatic heterocycles. The lowest BCUT2D eigenvalue weighted by Crippen LogP contribution is -2.27. The number of hydrogen-bond donors (Lipinski definition) is 2. The predicted molar refractivity (Wildman–Crippen MR) is 57.7 cm³/mol. The number of aliphatic hydroxyl groups is 2. The highest BCUT2D eigenvalue weighted by Crippen LogP contribution is 2.27. The fourth-order valence-corrected chi connectivity index (χ4v) is 2.05. The minimum atomic E-state index is -0.814. The molecule has 3 unspecified atom stereocenters. The molecule has 2 N–H and O–H groups in total. The van der Waals surface area contributed by atoms with E-state index >= 15 is 0 Å². The van der Waals surface area contributed by atoms with E-state index in [1.165, 1.54) is 6.33 Å². The van der Waals surface area contributed by atoms with Gasteiger partial charge in [0.1, 0.15) is 24.2 Å². The molecule has 0 saturated carbocycles. The third kappa shape index (κ3) is 1.26. The van der Waals surface area contributed by atoms with Crippen molar-refractivity contribution in [1.82, 2.24) is 14.5 Å². The maximum atomic E-state index is 9.81. The highest BCUT2D eigenvalue weighted by atomic mass is 16.3. The van der Waals surface area contributed by atoms with Crippen LogP contribution in [-0.2, 0) is 0 Å². The number of aliphatic hydroxyl groups excluding tert-OH is 2. The van der Waals surface area contributed by atoms with Gasteiger partial charge in [-0.2, -0.15) is 0 Å². The lowest BCUT2D eigenvalue weighted by Gasteiger charge is -2.18. The number of hydrogen-bond acceptors (Lipinski definition) is 4. The van der Waals surface area contributed by atoms with Gasteiger partial charge in [0.15, 0.2) is 0 Å². The van der Waals surface area contributed by atoms with Crippen molar-refractivity contribution in [3.8, 4) is 0 Å². The summed E-state index contributed by atoms with van der Waals surface area (Å²) in [5.41, 5.74) is 0.762. The van der Waals surface area contributed by atoms with Gasteiger partial charge in [-0.05, 0) is 6.07 Å². The third-order valence-electron chi connectivity index (χ3n) is 2.90. The molecule has 0 aliphatic heterocycles. The zero-order valence-corrected chi connectivity index (χ0v) is 8.43. The van der Waals surface area contributed by atoms with Crippen molar-refractivity contribution < 1.29 is 10.2 Å². The molecule has 5 nitrogen and oxygen atoms in total. The summed E-state index contributed by atoms with van der Waals surface area (Å²) in [4.78, 5) is 8.10. The van der Waals surface area contributed by atoms with Crippen molar-refractivity contribution in [3.05, 3.63) is 36.9 Å². The molecule has 16 heavy (non-hydrogen) atoms. The molecular weight excluding hydrogens is 206 g/mol. The summed E-state index contributed by atoms with van der Waals surface area (Å²) in [6.07, 6.45) is 6.81. The van der Waals surface area contributed by atoms with Crippen LogP contribution in [0.25, 0.3) is 11.0 Å². The normalized spacial score (nSPS) is 29.0. The first-order valence-corrected chi connectivity index (χ1v) is 5.08. The highest BCUT2D eigenvalue weighted by Gasteiger charge is 2.30. The molecule has 0 fully saturated rings. The summed E-state index contributed by atoms with van der Waals surface area (Å²) in [7, 11) is 0. The molecule has 3 rings (SSSR count). The Kier molecular flexibility index (Phi) is 2.02. The number of fused-ring (bicyclic) bond motifs is 1. The standard InChI is InChI=1S/C11H11N3O2/c15-9-2-1-8(10(9)16)14-4-3-7-5-12-6-13-11(7)14/h1-6,8-10,15-16H. The molecule has 82 valence electrons. The van der Waals surface area contributed by atoms with E-state index in [1.54, 1.807) is 18.3 Å². The average molecular weight is 217 g/mol. The highest BCUT2D eigenvalue weighted by molar-refractivity contribution is 5.75. The van der Waals surface area contributed by atoms with Crippen LogP contribution in [0.3, 0.4) is 0 Å². The van der Waals surface area contributed by atoms with Gasteiger partial charge in [-0.1, -0.05) is 12.2 Å². The fourth-order valence-electron chi connectivity index (χ4n) is 2.05. The minimum absolute atomic E-state index is 0.262. The van der Waals surface area contributed by atoms with Crippen LogP contribution in [0.1, 0.15) is 6.04 Å². The Balaban J connectivity index is 2.10. The molecule has 0 aromatic carbocycles. The smallest absolute Gasteiger partial charge is 0.143 e. The van der Waals surface area contributed by atoms with Crippen molar-refractivity contribution >= 4 is 11.0 Å². The summed E-state index contributed by atoms with van der Waals surface area (Å²) < 4.78 is 1.84. The number of aromatic nitrogens is 3. The Bertz CT molecular complexity index is 549. The summed E-state index contributed by atoms with van der Waals surface area (Å²) in [6, 6.07) is 1.63. The van der Waals surface area contributed by atoms with Crippen LogP contribution in [0.4, 0.5) is 0 Å². The molecular formula is C11H11N3O2. The SMILES string of the molecule is OC1C=CC(n2ccc3cncnc32)C1O. The van der Waals surface area contributed by atoms with Crippen molar-refractivity contribution in [1.29, 1.82) is 0 Å². The number of nitrogens with zero attached hydrogens (tertiary/aromatic N) is 3. The maximum Gasteiger partial charge on any atom is 0.143 e. The van der Waals surface area contributed by atoms with Gasteiger partial charge in [-0.15, -0.1) is 0 Å². The second kappa shape index (κ2) is 3.40. The maximum absolute atomic E-state index is 9.81. The molecule has 0 radical (unpaired) electrons.